The van der Waals surface area contributed by atoms with Crippen LogP contribution in [0.4, 0.5) is 0 Å². The van der Waals surface area contributed by atoms with E-state index in [0.29, 0.717) is 0 Å². The average Bonchev–Trinajstić information content (AvgIpc) is 2.43. The smallest absolute Gasteiger partial charge is 0.129 e. The van der Waals surface area contributed by atoms with Crippen LogP contribution in [0.25, 0.3) is 0 Å². The monoisotopic (exact) mass is 261 g/mol. The van der Waals surface area contributed by atoms with Gasteiger partial charge >= 0.3 is 0 Å². The molecule has 0 saturated carbocycles. The summed E-state index contributed by atoms with van der Waals surface area (Å²) in [5, 5.41) is 3.42. The maximum atomic E-state index is 6.48. The minimum absolute atomic E-state index is 0.0303. The molecule has 1 fully saturated rings. The minimum Gasteiger partial charge on any atom is -0.486 e. The number of methoxy groups -OCH3 is 1. The Hall–Kier alpha value is -1.06. The molecule has 1 unspecified atom stereocenters. The van der Waals surface area contributed by atoms with E-state index in [4.69, 9.17) is 9.47 Å². The summed E-state index contributed by atoms with van der Waals surface area (Å²) in [7, 11) is 1.81. The molecule has 3 heteroatoms. The molecule has 0 radical (unpaired) electrons. The molecule has 19 heavy (non-hydrogen) atoms. The summed E-state index contributed by atoms with van der Waals surface area (Å²) < 4.78 is 12.2. The van der Waals surface area contributed by atoms with Crippen molar-refractivity contribution in [3.63, 3.8) is 0 Å². The standard InChI is InChI=1S/C16H23NO2/c1-11-4-5-13-14(18-3)10-16(6-8-17-9-7-16)19-15(13)12(11)2/h4-5,14,17H,6-10H2,1-3H3. The van der Waals surface area contributed by atoms with Crippen molar-refractivity contribution in [1.29, 1.82) is 0 Å². The molecule has 1 saturated heterocycles. The summed E-state index contributed by atoms with van der Waals surface area (Å²) in [5.74, 6) is 1.07. The van der Waals surface area contributed by atoms with Crippen molar-refractivity contribution in [3.05, 3.63) is 28.8 Å². The van der Waals surface area contributed by atoms with Crippen LogP contribution < -0.4 is 10.1 Å². The van der Waals surface area contributed by atoms with Crippen LogP contribution in [0.1, 0.15) is 42.1 Å². The summed E-state index contributed by atoms with van der Waals surface area (Å²) >= 11 is 0. The molecular weight excluding hydrogens is 238 g/mol. The van der Waals surface area contributed by atoms with Gasteiger partial charge in [0.05, 0.1) is 6.10 Å². The SMILES string of the molecule is COC1CC2(CCNCC2)Oc2c1ccc(C)c2C. The maximum absolute atomic E-state index is 6.48. The van der Waals surface area contributed by atoms with E-state index in [2.05, 4.69) is 31.3 Å². The van der Waals surface area contributed by atoms with Crippen molar-refractivity contribution in [2.24, 2.45) is 0 Å². The highest BCUT2D eigenvalue weighted by Gasteiger charge is 2.42. The Morgan fingerprint density at radius 2 is 2.00 bits per heavy atom. The lowest BCUT2D eigenvalue weighted by atomic mass is 9.81. The molecule has 3 nitrogen and oxygen atoms in total. The van der Waals surface area contributed by atoms with Crippen LogP contribution in [-0.2, 0) is 4.74 Å². The van der Waals surface area contributed by atoms with Crippen LogP contribution in [0.3, 0.4) is 0 Å². The molecule has 0 aromatic heterocycles. The van der Waals surface area contributed by atoms with E-state index in [-0.39, 0.29) is 11.7 Å². The largest absolute Gasteiger partial charge is 0.486 e. The van der Waals surface area contributed by atoms with E-state index in [0.717, 1.165) is 38.1 Å². The molecule has 2 aliphatic rings. The van der Waals surface area contributed by atoms with Gasteiger partial charge in [0.1, 0.15) is 11.4 Å². The summed E-state index contributed by atoms with van der Waals surface area (Å²) in [6.07, 6.45) is 3.28. The fourth-order valence-corrected chi connectivity index (χ4v) is 3.30. The van der Waals surface area contributed by atoms with Gasteiger partial charge in [-0.3, -0.25) is 0 Å². The predicted octanol–water partition coefficient (Wildman–Crippen LogP) is 2.90. The lowest BCUT2D eigenvalue weighted by Crippen LogP contribution is -2.49. The van der Waals surface area contributed by atoms with Crippen molar-refractivity contribution >= 4 is 0 Å². The second kappa shape index (κ2) is 4.80. The number of hydrogen-bond donors (Lipinski definition) is 1. The van der Waals surface area contributed by atoms with E-state index >= 15 is 0 Å². The van der Waals surface area contributed by atoms with Crippen LogP contribution in [-0.4, -0.2) is 25.8 Å². The first-order valence-corrected chi connectivity index (χ1v) is 7.18. The number of hydrogen-bond acceptors (Lipinski definition) is 3. The summed E-state index contributed by atoms with van der Waals surface area (Å²) in [6.45, 7) is 6.37. The highest BCUT2D eigenvalue weighted by molar-refractivity contribution is 5.48. The zero-order chi connectivity index (χ0) is 13.5. The first-order valence-electron chi connectivity index (χ1n) is 7.18. The Bertz CT molecular complexity index is 478. The Kier molecular flexibility index (Phi) is 3.27. The molecule has 1 spiro atoms. The highest BCUT2D eigenvalue weighted by atomic mass is 16.5. The number of benzene rings is 1. The molecule has 1 aromatic carbocycles. The second-order valence-electron chi connectivity index (χ2n) is 5.89. The van der Waals surface area contributed by atoms with E-state index in [1.807, 2.05) is 7.11 Å². The Morgan fingerprint density at radius 1 is 1.26 bits per heavy atom. The third-order valence-corrected chi connectivity index (χ3v) is 4.73. The molecule has 3 rings (SSSR count). The molecule has 2 aliphatic heterocycles. The fraction of sp³-hybridized carbons (Fsp3) is 0.625. The maximum Gasteiger partial charge on any atom is 0.129 e. The number of rotatable bonds is 1. The Labute approximate surface area is 115 Å². The van der Waals surface area contributed by atoms with Crippen LogP contribution in [0.5, 0.6) is 5.75 Å². The molecule has 1 N–H and O–H groups in total. The molecule has 0 bridgehead atoms. The van der Waals surface area contributed by atoms with Gasteiger partial charge < -0.3 is 14.8 Å². The van der Waals surface area contributed by atoms with E-state index < -0.39 is 0 Å². The van der Waals surface area contributed by atoms with Gasteiger partial charge in [-0.2, -0.15) is 0 Å². The van der Waals surface area contributed by atoms with Gasteiger partial charge in [0.15, 0.2) is 0 Å². The van der Waals surface area contributed by atoms with Crippen molar-refractivity contribution < 1.29 is 9.47 Å². The molecule has 104 valence electrons. The summed E-state index contributed by atoms with van der Waals surface area (Å²) in [5.41, 5.74) is 3.74. The number of piperidine rings is 1. The number of nitrogens with one attached hydrogen (secondary N) is 1. The summed E-state index contributed by atoms with van der Waals surface area (Å²) in [6, 6.07) is 4.34. The van der Waals surface area contributed by atoms with Gasteiger partial charge in [0.2, 0.25) is 0 Å². The third-order valence-electron chi connectivity index (χ3n) is 4.73. The van der Waals surface area contributed by atoms with Gasteiger partial charge in [-0.05, 0) is 50.9 Å². The Morgan fingerprint density at radius 3 is 2.68 bits per heavy atom. The molecule has 2 heterocycles. The molecule has 0 amide bonds. The number of fused-ring (bicyclic) bond motifs is 1. The van der Waals surface area contributed by atoms with Crippen LogP contribution in [0.2, 0.25) is 0 Å². The van der Waals surface area contributed by atoms with Crippen molar-refractivity contribution in [2.75, 3.05) is 20.2 Å². The van der Waals surface area contributed by atoms with Crippen molar-refractivity contribution in [1.82, 2.24) is 5.32 Å². The predicted molar refractivity (Wildman–Crippen MR) is 75.7 cm³/mol. The fourth-order valence-electron chi connectivity index (χ4n) is 3.30. The van der Waals surface area contributed by atoms with Gasteiger partial charge in [0, 0.05) is 19.1 Å². The van der Waals surface area contributed by atoms with Crippen LogP contribution >= 0.6 is 0 Å². The first kappa shape index (κ1) is 12.9. The first-order chi connectivity index (χ1) is 9.15. The normalized spacial score (nSPS) is 24.9. The molecule has 0 aliphatic carbocycles. The lowest BCUT2D eigenvalue weighted by Gasteiger charge is -2.45. The van der Waals surface area contributed by atoms with Gasteiger partial charge in [-0.25, -0.2) is 0 Å². The quantitative estimate of drug-likeness (QED) is 0.843. The topological polar surface area (TPSA) is 30.5 Å². The van der Waals surface area contributed by atoms with E-state index in [1.165, 1.54) is 16.7 Å². The average molecular weight is 261 g/mol. The lowest BCUT2D eigenvalue weighted by molar-refractivity contribution is -0.0484. The van der Waals surface area contributed by atoms with Gasteiger partial charge in [-0.1, -0.05) is 12.1 Å². The zero-order valence-corrected chi connectivity index (χ0v) is 12.1. The third kappa shape index (κ3) is 2.15. The van der Waals surface area contributed by atoms with Gasteiger partial charge in [0.25, 0.3) is 0 Å². The minimum atomic E-state index is -0.0303. The van der Waals surface area contributed by atoms with Crippen molar-refractivity contribution in [2.45, 2.75) is 44.8 Å². The second-order valence-corrected chi connectivity index (χ2v) is 5.89. The van der Waals surface area contributed by atoms with E-state index in [9.17, 15) is 0 Å². The highest BCUT2D eigenvalue weighted by Crippen LogP contribution is 2.46. The number of aryl methyl sites for hydroxylation is 1. The van der Waals surface area contributed by atoms with Crippen molar-refractivity contribution in [3.8, 4) is 5.75 Å². The number of ether oxygens (including phenoxy) is 2. The molecule has 1 aromatic rings. The molecule has 1 atom stereocenters. The molecular formula is C16H23NO2. The zero-order valence-electron chi connectivity index (χ0n) is 12.1. The van der Waals surface area contributed by atoms with Gasteiger partial charge in [-0.15, -0.1) is 0 Å². The summed E-state index contributed by atoms with van der Waals surface area (Å²) in [4.78, 5) is 0. The van der Waals surface area contributed by atoms with E-state index in [1.54, 1.807) is 0 Å². The van der Waals surface area contributed by atoms with Crippen LogP contribution in [0.15, 0.2) is 12.1 Å². The van der Waals surface area contributed by atoms with Crippen LogP contribution in [0, 0.1) is 13.8 Å². The Balaban J connectivity index is 2.03.